The number of hydrogen-bond acceptors (Lipinski definition) is 5. The predicted molar refractivity (Wildman–Crippen MR) is 69.3 cm³/mol. The monoisotopic (exact) mass is 352 g/mol. The lowest BCUT2D eigenvalue weighted by molar-refractivity contribution is -0.117. The van der Waals surface area contributed by atoms with Crippen LogP contribution in [0.1, 0.15) is 6.42 Å². The van der Waals surface area contributed by atoms with E-state index in [0.29, 0.717) is 10.3 Å². The van der Waals surface area contributed by atoms with Crippen molar-refractivity contribution in [2.75, 3.05) is 18.6 Å². The Labute approximate surface area is 117 Å². The number of carbonyl (C=O) groups excluding carboxylic acids is 1. The molecule has 1 saturated heterocycles. The van der Waals surface area contributed by atoms with Crippen LogP contribution >= 0.6 is 15.9 Å². The summed E-state index contributed by atoms with van der Waals surface area (Å²) in [6, 6.07) is 3.14. The molecule has 0 aromatic carbocycles. The van der Waals surface area contributed by atoms with E-state index in [1.54, 1.807) is 12.1 Å². The van der Waals surface area contributed by atoms with Crippen LogP contribution < -0.4 is 9.64 Å². The van der Waals surface area contributed by atoms with Crippen LogP contribution in [-0.2, 0) is 15.0 Å². The first-order chi connectivity index (χ1) is 8.82. The lowest BCUT2D eigenvalue weighted by Gasteiger charge is -2.18. The van der Waals surface area contributed by atoms with Crippen molar-refractivity contribution >= 4 is 37.7 Å². The summed E-state index contributed by atoms with van der Waals surface area (Å²) in [6.07, 6.45) is -0.377. The van der Waals surface area contributed by atoms with Crippen LogP contribution in [0.3, 0.4) is 0 Å². The summed E-state index contributed by atoms with van der Waals surface area (Å²) in [6.45, 7) is -0.239. The zero-order chi connectivity index (χ0) is 14.2. The van der Waals surface area contributed by atoms with E-state index in [1.165, 1.54) is 12.0 Å². The van der Waals surface area contributed by atoms with Crippen LogP contribution in [0.2, 0.25) is 0 Å². The summed E-state index contributed by atoms with van der Waals surface area (Å²) in [5.41, 5.74) is 0.321. The fourth-order valence-electron chi connectivity index (χ4n) is 1.86. The van der Waals surface area contributed by atoms with Gasteiger partial charge in [0.15, 0.2) is 0 Å². The molecule has 1 aliphatic heterocycles. The average Bonchev–Trinajstić information content (AvgIpc) is 2.71. The number of rotatable bonds is 3. The number of methoxy groups -OCH3 is 1. The molecule has 2 rings (SSSR count). The van der Waals surface area contributed by atoms with Crippen molar-refractivity contribution in [2.24, 2.45) is 0 Å². The molecule has 19 heavy (non-hydrogen) atoms. The zero-order valence-corrected chi connectivity index (χ0v) is 12.2. The first-order valence-electron chi connectivity index (χ1n) is 5.27. The number of hydrogen-bond donors (Lipinski definition) is 0. The van der Waals surface area contributed by atoms with E-state index in [0.717, 1.165) is 0 Å². The highest BCUT2D eigenvalue weighted by Gasteiger charge is 2.40. The molecule has 0 radical (unpaired) electrons. The molecule has 1 fully saturated rings. The van der Waals surface area contributed by atoms with Crippen molar-refractivity contribution in [2.45, 2.75) is 11.7 Å². The van der Waals surface area contributed by atoms with E-state index in [2.05, 4.69) is 20.9 Å². The number of pyridine rings is 1. The van der Waals surface area contributed by atoms with Crippen LogP contribution in [0.25, 0.3) is 0 Å². The largest absolute Gasteiger partial charge is 0.479 e. The van der Waals surface area contributed by atoms with Crippen molar-refractivity contribution in [3.8, 4) is 5.88 Å². The van der Waals surface area contributed by atoms with Gasteiger partial charge in [-0.2, -0.15) is 8.42 Å². The number of amides is 1. The van der Waals surface area contributed by atoms with Gasteiger partial charge in [-0.25, -0.2) is 4.98 Å². The molecular weight excluding hydrogens is 343 g/mol. The molecule has 0 spiro atoms. The Hall–Kier alpha value is -1.22. The number of carbonyl (C=O) groups is 1. The average molecular weight is 353 g/mol. The summed E-state index contributed by atoms with van der Waals surface area (Å²) < 4.78 is 40.2. The van der Waals surface area contributed by atoms with E-state index in [9.17, 15) is 17.1 Å². The van der Waals surface area contributed by atoms with Gasteiger partial charge in [-0.05, 0) is 28.1 Å². The van der Waals surface area contributed by atoms with Gasteiger partial charge in [-0.3, -0.25) is 4.79 Å². The maximum absolute atomic E-state index is 12.9. The summed E-state index contributed by atoms with van der Waals surface area (Å²) in [5, 5.41) is -1.34. The van der Waals surface area contributed by atoms with Crippen molar-refractivity contribution in [3.05, 3.63) is 16.7 Å². The van der Waals surface area contributed by atoms with E-state index in [-0.39, 0.29) is 18.8 Å². The zero-order valence-electron chi connectivity index (χ0n) is 9.84. The summed E-state index contributed by atoms with van der Waals surface area (Å²) in [4.78, 5) is 17.0. The molecule has 0 N–H and O–H groups in total. The molecule has 1 unspecified atom stereocenters. The fourth-order valence-corrected chi connectivity index (χ4v) is 2.82. The van der Waals surface area contributed by atoms with Crippen LogP contribution in [-0.4, -0.2) is 38.2 Å². The molecule has 1 amide bonds. The number of ether oxygens (including phenoxy) is 1. The molecule has 1 aromatic rings. The van der Waals surface area contributed by atoms with Crippen molar-refractivity contribution in [1.29, 1.82) is 0 Å². The Kier molecular flexibility index (Phi) is 3.77. The second kappa shape index (κ2) is 5.04. The molecule has 6 nitrogen and oxygen atoms in total. The van der Waals surface area contributed by atoms with Gasteiger partial charge in [0.2, 0.25) is 11.8 Å². The second-order valence-electron chi connectivity index (χ2n) is 3.97. The molecule has 104 valence electrons. The van der Waals surface area contributed by atoms with Crippen LogP contribution in [0, 0.1) is 0 Å². The normalized spacial score (nSPS) is 19.8. The lowest BCUT2D eigenvalue weighted by Crippen LogP contribution is -2.27. The molecule has 9 heteroatoms. The standard InChI is InChI=1S/C10H10BrFN2O4S/c1-18-10-7(2-3-8(11)13-10)14-5-6(4-9(14)15)19(12,16)17/h2-3,6H,4-5H2,1H3. The highest BCUT2D eigenvalue weighted by Crippen LogP contribution is 2.32. The van der Waals surface area contributed by atoms with Crippen molar-refractivity contribution in [3.63, 3.8) is 0 Å². The quantitative estimate of drug-likeness (QED) is 0.604. The molecule has 0 saturated carbocycles. The van der Waals surface area contributed by atoms with Crippen molar-refractivity contribution < 1.29 is 21.8 Å². The maximum Gasteiger partial charge on any atom is 0.307 e. The van der Waals surface area contributed by atoms with Gasteiger partial charge in [0, 0.05) is 13.0 Å². The maximum atomic E-state index is 12.9. The minimum atomic E-state index is -4.74. The Balaban J connectivity index is 2.36. The molecule has 2 heterocycles. The molecule has 0 aliphatic carbocycles. The summed E-state index contributed by atoms with van der Waals surface area (Å²) >= 11 is 3.15. The first kappa shape index (κ1) is 14.2. The van der Waals surface area contributed by atoms with E-state index in [4.69, 9.17) is 4.74 Å². The first-order valence-corrected chi connectivity index (χ1v) is 7.51. The highest BCUT2D eigenvalue weighted by molar-refractivity contribution is 9.10. The highest BCUT2D eigenvalue weighted by atomic mass is 79.9. The smallest absolute Gasteiger partial charge is 0.307 e. The van der Waals surface area contributed by atoms with Gasteiger partial charge in [0.05, 0.1) is 7.11 Å². The van der Waals surface area contributed by atoms with Crippen molar-refractivity contribution in [1.82, 2.24) is 4.98 Å². The third kappa shape index (κ3) is 2.86. The minimum Gasteiger partial charge on any atom is -0.479 e. The summed E-state index contributed by atoms with van der Waals surface area (Å²) in [7, 11) is -3.36. The predicted octanol–water partition coefficient (Wildman–Crippen LogP) is 1.26. The number of nitrogens with zero attached hydrogens (tertiary/aromatic N) is 2. The topological polar surface area (TPSA) is 76.6 Å². The SMILES string of the molecule is COc1nc(Br)ccc1N1CC(S(=O)(=O)F)CC1=O. The lowest BCUT2D eigenvalue weighted by atomic mass is 10.3. The van der Waals surface area contributed by atoms with Crippen LogP contribution in [0.4, 0.5) is 9.57 Å². The number of anilines is 1. The third-order valence-electron chi connectivity index (χ3n) is 2.78. The Bertz CT molecular complexity index is 622. The van der Waals surface area contributed by atoms with Crippen LogP contribution in [0.5, 0.6) is 5.88 Å². The molecule has 1 aliphatic rings. The molecule has 1 aromatic heterocycles. The number of halogens is 2. The van der Waals surface area contributed by atoms with Gasteiger partial charge in [-0.15, -0.1) is 3.89 Å². The third-order valence-corrected chi connectivity index (χ3v) is 4.33. The Morgan fingerprint density at radius 2 is 2.21 bits per heavy atom. The van der Waals surface area contributed by atoms with E-state index < -0.39 is 21.4 Å². The van der Waals surface area contributed by atoms with Gasteiger partial charge in [-0.1, -0.05) is 0 Å². The van der Waals surface area contributed by atoms with Gasteiger partial charge in [0.1, 0.15) is 15.5 Å². The molecule has 0 bridgehead atoms. The van der Waals surface area contributed by atoms with Gasteiger partial charge >= 0.3 is 10.2 Å². The molecular formula is C10H10BrFN2O4S. The van der Waals surface area contributed by atoms with Crippen LogP contribution in [0.15, 0.2) is 16.7 Å². The Morgan fingerprint density at radius 3 is 2.74 bits per heavy atom. The minimum absolute atomic E-state index is 0.166. The fraction of sp³-hybridized carbons (Fsp3) is 0.400. The Morgan fingerprint density at radius 1 is 1.53 bits per heavy atom. The van der Waals surface area contributed by atoms with E-state index >= 15 is 0 Å². The van der Waals surface area contributed by atoms with Gasteiger partial charge < -0.3 is 9.64 Å². The molecule has 1 atom stereocenters. The van der Waals surface area contributed by atoms with Gasteiger partial charge in [0.25, 0.3) is 0 Å². The van der Waals surface area contributed by atoms with E-state index in [1.807, 2.05) is 0 Å². The second-order valence-corrected chi connectivity index (χ2v) is 6.40. The summed E-state index contributed by atoms with van der Waals surface area (Å²) in [5.74, 6) is -0.312. The number of aromatic nitrogens is 1.